The summed E-state index contributed by atoms with van der Waals surface area (Å²) in [6.07, 6.45) is 10.0. The van der Waals surface area contributed by atoms with Crippen LogP contribution in [0.3, 0.4) is 0 Å². The van der Waals surface area contributed by atoms with Gasteiger partial charge in [0.2, 0.25) is 0 Å². The molecule has 2 nitrogen and oxygen atoms in total. The number of furan rings is 1. The van der Waals surface area contributed by atoms with Crippen molar-refractivity contribution in [2.75, 3.05) is 0 Å². The van der Waals surface area contributed by atoms with Crippen LogP contribution in [0.1, 0.15) is 37.7 Å². The lowest BCUT2D eigenvalue weighted by atomic mass is 9.85. The van der Waals surface area contributed by atoms with E-state index in [4.69, 9.17) is 9.40 Å². The predicted molar refractivity (Wildman–Crippen MR) is 133 cm³/mol. The molecule has 6 rings (SSSR count). The molecule has 2 aromatic heterocycles. The van der Waals surface area contributed by atoms with Gasteiger partial charge in [-0.15, -0.1) is 0 Å². The van der Waals surface area contributed by atoms with Gasteiger partial charge in [0.1, 0.15) is 11.2 Å². The Bertz CT molecular complexity index is 1380. The molecule has 3 aromatic carbocycles. The lowest BCUT2D eigenvalue weighted by molar-refractivity contribution is 0.356. The predicted octanol–water partition coefficient (Wildman–Crippen LogP) is 8.44. The molecule has 0 N–H and O–H groups in total. The molecule has 0 saturated heterocycles. The highest BCUT2D eigenvalue weighted by Crippen LogP contribution is 2.39. The van der Waals surface area contributed by atoms with Crippen LogP contribution in [0.5, 0.6) is 0 Å². The van der Waals surface area contributed by atoms with Gasteiger partial charge < -0.3 is 4.42 Å². The Kier molecular flexibility index (Phi) is 4.99. The topological polar surface area (TPSA) is 26.0 Å². The molecule has 1 fully saturated rings. The van der Waals surface area contributed by atoms with Crippen molar-refractivity contribution in [1.29, 1.82) is 0 Å². The number of para-hydroxylation sites is 1. The minimum atomic E-state index is 0.816. The van der Waals surface area contributed by atoms with Crippen LogP contribution in [0.4, 0.5) is 0 Å². The van der Waals surface area contributed by atoms with E-state index in [9.17, 15) is 0 Å². The Morgan fingerprint density at radius 1 is 0.750 bits per heavy atom. The normalized spacial score (nSPS) is 14.9. The summed E-state index contributed by atoms with van der Waals surface area (Å²) in [4.78, 5) is 4.76. The van der Waals surface area contributed by atoms with E-state index < -0.39 is 0 Å². The van der Waals surface area contributed by atoms with Gasteiger partial charge in [0.25, 0.3) is 0 Å². The number of benzene rings is 3. The van der Waals surface area contributed by atoms with E-state index in [1.165, 1.54) is 54.2 Å². The second-order valence-electron chi connectivity index (χ2n) is 9.12. The summed E-state index contributed by atoms with van der Waals surface area (Å²) in [5.74, 6) is 0.816. The quantitative estimate of drug-likeness (QED) is 0.293. The van der Waals surface area contributed by atoms with Crippen molar-refractivity contribution in [3.05, 3.63) is 90.6 Å². The van der Waals surface area contributed by atoms with Crippen LogP contribution < -0.4 is 0 Å². The maximum Gasteiger partial charge on any atom is 0.136 e. The second-order valence-corrected chi connectivity index (χ2v) is 9.12. The maximum atomic E-state index is 6.30. The Morgan fingerprint density at radius 3 is 2.44 bits per heavy atom. The molecule has 2 heteroatoms. The number of pyridine rings is 1. The molecule has 158 valence electrons. The standard InChI is InChI=1S/C30H27NO/c1-3-9-21(10-4-1)17-22-15-16-31-27(18-22)24-19-26(23-11-5-2-6-12-23)30-25-13-7-8-14-28(25)32-29(30)20-24/h2,5-8,11-16,18-21H,1,3-4,9-10,17H2. The minimum Gasteiger partial charge on any atom is -0.456 e. The highest BCUT2D eigenvalue weighted by molar-refractivity contribution is 6.13. The van der Waals surface area contributed by atoms with Crippen LogP contribution in [-0.2, 0) is 6.42 Å². The second kappa shape index (κ2) is 8.27. The van der Waals surface area contributed by atoms with Crippen LogP contribution >= 0.6 is 0 Å². The van der Waals surface area contributed by atoms with Crippen LogP contribution in [0, 0.1) is 5.92 Å². The summed E-state index contributed by atoms with van der Waals surface area (Å²) < 4.78 is 6.30. The largest absolute Gasteiger partial charge is 0.456 e. The van der Waals surface area contributed by atoms with E-state index in [-0.39, 0.29) is 0 Å². The molecule has 1 aliphatic carbocycles. The van der Waals surface area contributed by atoms with Gasteiger partial charge in [-0.1, -0.05) is 80.6 Å². The van der Waals surface area contributed by atoms with Gasteiger partial charge in [0, 0.05) is 22.5 Å². The molecule has 0 radical (unpaired) electrons. The molecule has 0 bridgehead atoms. The van der Waals surface area contributed by atoms with Crippen molar-refractivity contribution in [3.8, 4) is 22.4 Å². The summed E-state index contributed by atoms with van der Waals surface area (Å²) in [5.41, 5.74) is 7.77. The van der Waals surface area contributed by atoms with E-state index in [2.05, 4.69) is 66.7 Å². The molecule has 0 atom stereocenters. The van der Waals surface area contributed by atoms with Crippen LogP contribution in [0.2, 0.25) is 0 Å². The van der Waals surface area contributed by atoms with Gasteiger partial charge in [-0.25, -0.2) is 0 Å². The first-order valence-electron chi connectivity index (χ1n) is 11.8. The zero-order chi connectivity index (χ0) is 21.3. The SMILES string of the molecule is c1ccc(-c2cc(-c3cc(CC4CCCCC4)ccn3)cc3oc4ccccc4c23)cc1. The number of hydrogen-bond acceptors (Lipinski definition) is 2. The van der Waals surface area contributed by atoms with E-state index in [1.807, 2.05) is 18.3 Å². The monoisotopic (exact) mass is 417 g/mol. The third kappa shape index (κ3) is 3.60. The summed E-state index contributed by atoms with van der Waals surface area (Å²) in [5, 5.41) is 2.33. The first-order valence-corrected chi connectivity index (χ1v) is 11.8. The molecule has 0 unspecified atom stereocenters. The average Bonchev–Trinajstić information content (AvgIpc) is 3.23. The van der Waals surface area contributed by atoms with Gasteiger partial charge in [-0.3, -0.25) is 4.98 Å². The van der Waals surface area contributed by atoms with Crippen molar-refractivity contribution in [1.82, 2.24) is 4.98 Å². The molecule has 32 heavy (non-hydrogen) atoms. The number of aromatic nitrogens is 1. The highest BCUT2D eigenvalue weighted by atomic mass is 16.3. The molecule has 0 aliphatic heterocycles. The van der Waals surface area contributed by atoms with Crippen molar-refractivity contribution in [2.24, 2.45) is 5.92 Å². The first-order chi connectivity index (χ1) is 15.8. The van der Waals surface area contributed by atoms with E-state index in [0.29, 0.717) is 0 Å². The lowest BCUT2D eigenvalue weighted by Gasteiger charge is -2.21. The summed E-state index contributed by atoms with van der Waals surface area (Å²) in [6, 6.07) is 27.8. The Hall–Kier alpha value is -3.39. The zero-order valence-corrected chi connectivity index (χ0v) is 18.3. The first kappa shape index (κ1) is 19.3. The Labute approximate surface area is 188 Å². The number of rotatable bonds is 4. The fourth-order valence-corrected chi connectivity index (χ4v) is 5.33. The van der Waals surface area contributed by atoms with E-state index >= 15 is 0 Å². The smallest absolute Gasteiger partial charge is 0.136 e. The van der Waals surface area contributed by atoms with E-state index in [0.717, 1.165) is 40.1 Å². The molecule has 2 heterocycles. The highest BCUT2D eigenvalue weighted by Gasteiger charge is 2.17. The van der Waals surface area contributed by atoms with Crippen molar-refractivity contribution in [2.45, 2.75) is 38.5 Å². The molecular formula is C30H27NO. The fraction of sp³-hybridized carbons (Fsp3) is 0.233. The summed E-state index contributed by atoms with van der Waals surface area (Å²) in [7, 11) is 0. The minimum absolute atomic E-state index is 0.816. The Morgan fingerprint density at radius 2 is 1.56 bits per heavy atom. The summed E-state index contributed by atoms with van der Waals surface area (Å²) in [6.45, 7) is 0. The van der Waals surface area contributed by atoms with Crippen LogP contribution in [-0.4, -0.2) is 4.98 Å². The maximum absolute atomic E-state index is 6.30. The lowest BCUT2D eigenvalue weighted by Crippen LogP contribution is -2.09. The van der Waals surface area contributed by atoms with Crippen molar-refractivity contribution < 1.29 is 4.42 Å². The van der Waals surface area contributed by atoms with Gasteiger partial charge in [-0.05, 0) is 59.4 Å². The summed E-state index contributed by atoms with van der Waals surface area (Å²) >= 11 is 0. The van der Waals surface area contributed by atoms with Crippen molar-refractivity contribution >= 4 is 21.9 Å². The van der Waals surface area contributed by atoms with Gasteiger partial charge in [0.05, 0.1) is 5.69 Å². The number of nitrogens with zero attached hydrogens (tertiary/aromatic N) is 1. The third-order valence-corrected chi connectivity index (χ3v) is 6.93. The zero-order valence-electron chi connectivity index (χ0n) is 18.3. The molecule has 5 aromatic rings. The van der Waals surface area contributed by atoms with E-state index in [1.54, 1.807) is 0 Å². The number of hydrogen-bond donors (Lipinski definition) is 0. The fourth-order valence-electron chi connectivity index (χ4n) is 5.33. The van der Waals surface area contributed by atoms with Gasteiger partial charge in [0.15, 0.2) is 0 Å². The molecule has 0 spiro atoms. The van der Waals surface area contributed by atoms with Crippen LogP contribution in [0.25, 0.3) is 44.3 Å². The van der Waals surface area contributed by atoms with Gasteiger partial charge >= 0.3 is 0 Å². The molecule has 0 amide bonds. The molecule has 1 aliphatic rings. The molecular weight excluding hydrogens is 390 g/mol. The molecule has 1 saturated carbocycles. The van der Waals surface area contributed by atoms with Crippen LogP contribution in [0.15, 0.2) is 89.5 Å². The number of fused-ring (bicyclic) bond motifs is 3. The third-order valence-electron chi connectivity index (χ3n) is 6.93. The van der Waals surface area contributed by atoms with Crippen molar-refractivity contribution in [3.63, 3.8) is 0 Å². The Balaban J connectivity index is 1.49. The van der Waals surface area contributed by atoms with Gasteiger partial charge in [-0.2, -0.15) is 0 Å². The average molecular weight is 418 g/mol.